The first-order chi connectivity index (χ1) is 16.8. The van der Waals surface area contributed by atoms with Gasteiger partial charge in [0.25, 0.3) is 0 Å². The summed E-state index contributed by atoms with van der Waals surface area (Å²) in [7, 11) is 2.98. The fraction of sp³-hybridized carbons (Fsp3) is 0.423. The SMILES string of the molecule is COC(=O)[C@@H]1C[C@@H](N(C(C)=O)c2ccc(CN(C)C(=O)OC(C)(C)C)cc2)c2c(Cl)cc(Cl)cc2N1. The zero-order chi connectivity index (χ0) is 26.8. The van der Waals surface area contributed by atoms with Gasteiger partial charge in [-0.3, -0.25) is 4.79 Å². The maximum absolute atomic E-state index is 12.9. The number of hydrogen-bond acceptors (Lipinski definition) is 6. The zero-order valence-electron chi connectivity index (χ0n) is 21.2. The molecule has 2 amide bonds. The number of hydrogen-bond donors (Lipinski definition) is 1. The molecule has 1 N–H and O–H groups in total. The molecular weight excluding hydrogens is 505 g/mol. The summed E-state index contributed by atoms with van der Waals surface area (Å²) in [5.41, 5.74) is 2.14. The van der Waals surface area contributed by atoms with Crippen molar-refractivity contribution in [1.82, 2.24) is 4.90 Å². The molecule has 0 aliphatic carbocycles. The third-order valence-corrected chi connectivity index (χ3v) is 6.22. The summed E-state index contributed by atoms with van der Waals surface area (Å²) in [5, 5.41) is 3.93. The van der Waals surface area contributed by atoms with E-state index in [4.69, 9.17) is 32.7 Å². The average molecular weight is 536 g/mol. The van der Waals surface area contributed by atoms with Gasteiger partial charge in [0.05, 0.1) is 13.2 Å². The van der Waals surface area contributed by atoms with E-state index in [1.165, 1.54) is 18.9 Å². The second-order valence-electron chi connectivity index (χ2n) is 9.71. The number of carbonyl (C=O) groups excluding carboxylic acids is 3. The lowest BCUT2D eigenvalue weighted by atomic mass is 9.90. The topological polar surface area (TPSA) is 88.2 Å². The number of amides is 2. The van der Waals surface area contributed by atoms with Crippen molar-refractivity contribution in [3.8, 4) is 0 Å². The predicted octanol–water partition coefficient (Wildman–Crippen LogP) is 5.81. The van der Waals surface area contributed by atoms with Gasteiger partial charge in [-0.25, -0.2) is 9.59 Å². The van der Waals surface area contributed by atoms with E-state index in [9.17, 15) is 14.4 Å². The molecule has 36 heavy (non-hydrogen) atoms. The van der Waals surface area contributed by atoms with Crippen LogP contribution < -0.4 is 10.2 Å². The summed E-state index contributed by atoms with van der Waals surface area (Å²) in [6.07, 6.45) is -0.172. The second kappa shape index (κ2) is 11.0. The van der Waals surface area contributed by atoms with E-state index in [0.29, 0.717) is 33.5 Å². The summed E-state index contributed by atoms with van der Waals surface area (Å²) in [6.45, 7) is 7.23. The molecule has 3 rings (SSSR count). The highest BCUT2D eigenvalue weighted by Gasteiger charge is 2.38. The molecule has 2 atom stereocenters. The summed E-state index contributed by atoms with van der Waals surface area (Å²) in [6, 6.07) is 9.36. The van der Waals surface area contributed by atoms with Crippen molar-refractivity contribution in [3.05, 3.63) is 57.6 Å². The van der Waals surface area contributed by atoms with E-state index >= 15 is 0 Å². The lowest BCUT2D eigenvalue weighted by molar-refractivity contribution is -0.142. The van der Waals surface area contributed by atoms with E-state index in [0.717, 1.165) is 5.56 Å². The van der Waals surface area contributed by atoms with Crippen molar-refractivity contribution in [3.63, 3.8) is 0 Å². The number of fused-ring (bicyclic) bond motifs is 1. The maximum Gasteiger partial charge on any atom is 0.410 e. The molecule has 194 valence electrons. The molecular formula is C26H31Cl2N3O5. The fourth-order valence-corrected chi connectivity index (χ4v) is 4.80. The number of nitrogens with zero attached hydrogens (tertiary/aromatic N) is 2. The molecule has 0 spiro atoms. The van der Waals surface area contributed by atoms with Crippen LogP contribution in [0.5, 0.6) is 0 Å². The first kappa shape index (κ1) is 27.6. The number of esters is 1. The molecule has 1 aliphatic rings. The number of halogens is 2. The molecule has 2 aromatic rings. The fourth-order valence-electron chi connectivity index (χ4n) is 4.18. The van der Waals surface area contributed by atoms with Crippen LogP contribution in [0.15, 0.2) is 36.4 Å². The molecule has 0 radical (unpaired) electrons. The molecule has 0 saturated heterocycles. The van der Waals surface area contributed by atoms with Crippen LogP contribution in [0, 0.1) is 0 Å². The van der Waals surface area contributed by atoms with Crippen molar-refractivity contribution in [2.75, 3.05) is 24.4 Å². The number of benzene rings is 2. The van der Waals surface area contributed by atoms with Gasteiger partial charge in [-0.15, -0.1) is 0 Å². The van der Waals surface area contributed by atoms with Crippen molar-refractivity contribution >= 4 is 52.5 Å². The Kier molecular flexibility index (Phi) is 8.41. The van der Waals surface area contributed by atoms with Crippen molar-refractivity contribution < 1.29 is 23.9 Å². The van der Waals surface area contributed by atoms with Gasteiger partial charge >= 0.3 is 12.1 Å². The minimum atomic E-state index is -0.689. The minimum absolute atomic E-state index is 0.221. The lowest BCUT2D eigenvalue weighted by Gasteiger charge is -2.39. The monoisotopic (exact) mass is 535 g/mol. The number of nitrogens with one attached hydrogen (secondary N) is 1. The minimum Gasteiger partial charge on any atom is -0.467 e. The van der Waals surface area contributed by atoms with E-state index < -0.39 is 29.7 Å². The van der Waals surface area contributed by atoms with Gasteiger partial charge in [0.2, 0.25) is 5.91 Å². The van der Waals surface area contributed by atoms with Gasteiger partial charge in [0, 0.05) is 53.9 Å². The number of anilines is 2. The number of ether oxygens (including phenoxy) is 2. The summed E-state index contributed by atoms with van der Waals surface area (Å²) in [5.74, 6) is -0.674. The molecule has 0 saturated carbocycles. The van der Waals surface area contributed by atoms with Crippen molar-refractivity contribution in [2.45, 2.75) is 58.3 Å². The normalized spacial score (nSPS) is 16.9. The molecule has 0 unspecified atom stereocenters. The van der Waals surface area contributed by atoms with Crippen LogP contribution in [0.3, 0.4) is 0 Å². The second-order valence-corrected chi connectivity index (χ2v) is 10.6. The van der Waals surface area contributed by atoms with Crippen LogP contribution in [-0.2, 0) is 25.6 Å². The lowest BCUT2D eigenvalue weighted by Crippen LogP contribution is -2.43. The van der Waals surface area contributed by atoms with Gasteiger partial charge in [0.1, 0.15) is 11.6 Å². The molecule has 0 bridgehead atoms. The Morgan fingerprint density at radius 1 is 1.11 bits per heavy atom. The Balaban J connectivity index is 1.92. The largest absolute Gasteiger partial charge is 0.467 e. The zero-order valence-corrected chi connectivity index (χ0v) is 22.7. The van der Waals surface area contributed by atoms with Crippen LogP contribution in [0.2, 0.25) is 10.0 Å². The van der Waals surface area contributed by atoms with Gasteiger partial charge in [-0.2, -0.15) is 0 Å². The molecule has 1 aliphatic heterocycles. The predicted molar refractivity (Wildman–Crippen MR) is 141 cm³/mol. The third-order valence-electron chi connectivity index (χ3n) is 5.69. The Hall–Kier alpha value is -2.97. The molecule has 1 heterocycles. The van der Waals surface area contributed by atoms with Crippen LogP contribution >= 0.6 is 23.2 Å². The average Bonchev–Trinajstić information content (AvgIpc) is 2.77. The van der Waals surface area contributed by atoms with Crippen molar-refractivity contribution in [2.24, 2.45) is 0 Å². The first-order valence-corrected chi connectivity index (χ1v) is 12.2. The Morgan fingerprint density at radius 2 is 1.75 bits per heavy atom. The number of carbonyl (C=O) groups is 3. The van der Waals surface area contributed by atoms with E-state index in [1.54, 1.807) is 36.2 Å². The first-order valence-electron chi connectivity index (χ1n) is 11.5. The standard InChI is InChI=1S/C26H31Cl2N3O5/c1-15(32)31(18-9-7-16(8-10-18)14-30(5)25(34)36-26(2,3)4)22-13-21(24(33)35-6)29-20-12-17(27)11-19(28)23(20)22/h7-12,21-22,29H,13-14H2,1-6H3/t21-,22+/m0/s1. The quantitative estimate of drug-likeness (QED) is 0.486. The van der Waals surface area contributed by atoms with Crippen LogP contribution in [-0.4, -0.2) is 48.7 Å². The summed E-state index contributed by atoms with van der Waals surface area (Å²) < 4.78 is 10.4. The van der Waals surface area contributed by atoms with Gasteiger partial charge in [-0.1, -0.05) is 35.3 Å². The van der Waals surface area contributed by atoms with E-state index in [1.807, 2.05) is 32.9 Å². The highest BCUT2D eigenvalue weighted by Crippen LogP contribution is 2.44. The smallest absolute Gasteiger partial charge is 0.410 e. The van der Waals surface area contributed by atoms with Gasteiger partial charge < -0.3 is 24.6 Å². The van der Waals surface area contributed by atoms with Crippen LogP contribution in [0.25, 0.3) is 0 Å². The van der Waals surface area contributed by atoms with Gasteiger partial charge in [0.15, 0.2) is 0 Å². The Bertz CT molecular complexity index is 1150. The number of rotatable bonds is 5. The Morgan fingerprint density at radius 3 is 2.31 bits per heavy atom. The Labute approximate surface area is 221 Å². The molecule has 0 fully saturated rings. The van der Waals surface area contributed by atoms with Gasteiger partial charge in [-0.05, 0) is 50.6 Å². The number of methoxy groups -OCH3 is 1. The molecule has 10 heteroatoms. The molecule has 0 aromatic heterocycles. The highest BCUT2D eigenvalue weighted by molar-refractivity contribution is 6.35. The molecule has 2 aromatic carbocycles. The van der Waals surface area contributed by atoms with Crippen LogP contribution in [0.4, 0.5) is 16.2 Å². The van der Waals surface area contributed by atoms with E-state index in [2.05, 4.69) is 5.32 Å². The summed E-state index contributed by atoms with van der Waals surface area (Å²) >= 11 is 12.8. The van der Waals surface area contributed by atoms with Crippen LogP contribution in [0.1, 0.15) is 51.3 Å². The maximum atomic E-state index is 12.9. The third kappa shape index (κ3) is 6.42. The summed E-state index contributed by atoms with van der Waals surface area (Å²) in [4.78, 5) is 40.7. The van der Waals surface area contributed by atoms with E-state index in [-0.39, 0.29) is 12.3 Å². The van der Waals surface area contributed by atoms with Crippen molar-refractivity contribution in [1.29, 1.82) is 0 Å². The molecule has 8 nitrogen and oxygen atoms in total. The highest BCUT2D eigenvalue weighted by atomic mass is 35.5.